The Balaban J connectivity index is 1.15. The molecule has 0 bridgehead atoms. The van der Waals surface area contributed by atoms with Gasteiger partial charge in [-0.3, -0.25) is 14.2 Å². The average Bonchev–Trinajstić information content (AvgIpc) is 3.39. The molecule has 2 aromatic carbocycles. The molecular weight excluding hydrogens is 464 g/mol. The highest BCUT2D eigenvalue weighted by atomic mass is 32.2. The molecule has 182 valence electrons. The second-order valence-electron chi connectivity index (χ2n) is 8.67. The minimum atomic E-state index is -0.225. The quantitative estimate of drug-likeness (QED) is 0.432. The number of carbonyl (C=O) groups is 2. The molecule has 2 heterocycles. The van der Waals surface area contributed by atoms with Crippen molar-refractivity contribution in [3.05, 3.63) is 54.1 Å². The second kappa shape index (κ2) is 10.4. The average molecular weight is 493 g/mol. The molecule has 0 atom stereocenters. The van der Waals surface area contributed by atoms with Crippen LogP contribution in [-0.4, -0.2) is 52.5 Å². The van der Waals surface area contributed by atoms with E-state index in [0.717, 1.165) is 42.8 Å². The van der Waals surface area contributed by atoms with Crippen molar-refractivity contribution in [3.63, 3.8) is 0 Å². The number of nitrogens with one attached hydrogen (secondary N) is 2. The molecule has 5 rings (SSSR count). The smallest absolute Gasteiger partial charge is 0.255 e. The van der Waals surface area contributed by atoms with Crippen LogP contribution < -0.4 is 20.3 Å². The Labute approximate surface area is 208 Å². The van der Waals surface area contributed by atoms with E-state index in [1.807, 2.05) is 0 Å². The van der Waals surface area contributed by atoms with Crippen LogP contribution in [-0.2, 0) is 4.79 Å². The van der Waals surface area contributed by atoms with Gasteiger partial charge in [0.2, 0.25) is 11.9 Å². The van der Waals surface area contributed by atoms with E-state index in [2.05, 4.69) is 30.3 Å². The number of thioether (sulfide) groups is 1. The minimum absolute atomic E-state index is 0.126. The molecule has 0 unspecified atom stereocenters. The fraction of sp³-hybridized carbons (Fsp3) is 0.360. The van der Waals surface area contributed by atoms with Crippen LogP contribution in [0.2, 0.25) is 0 Å². The number of carbonyl (C=O) groups excluding carboxylic acids is 2. The third-order valence-electron chi connectivity index (χ3n) is 6.06. The Bertz CT molecular complexity index is 1180. The van der Waals surface area contributed by atoms with Gasteiger partial charge in [-0.25, -0.2) is 0 Å². The van der Waals surface area contributed by atoms with E-state index in [1.54, 1.807) is 55.6 Å². The molecule has 2 amide bonds. The van der Waals surface area contributed by atoms with E-state index in [0.29, 0.717) is 23.0 Å². The zero-order chi connectivity index (χ0) is 24.2. The maximum Gasteiger partial charge on any atom is 0.255 e. The number of hydrogen-bond acceptors (Lipinski definition) is 7. The van der Waals surface area contributed by atoms with Crippen LogP contribution in [0.1, 0.15) is 42.1 Å². The molecule has 0 radical (unpaired) electrons. The number of aromatic nitrogens is 3. The van der Waals surface area contributed by atoms with Gasteiger partial charge in [-0.1, -0.05) is 11.8 Å². The summed E-state index contributed by atoms with van der Waals surface area (Å²) in [5.74, 6) is 1.55. The highest BCUT2D eigenvalue weighted by Gasteiger charge is 2.32. The highest BCUT2D eigenvalue weighted by molar-refractivity contribution is 7.99. The van der Waals surface area contributed by atoms with Gasteiger partial charge in [-0.15, -0.1) is 10.2 Å². The Morgan fingerprint density at radius 2 is 1.63 bits per heavy atom. The molecule has 10 heteroatoms. The molecule has 1 aliphatic heterocycles. The molecule has 1 aromatic heterocycles. The number of nitrogens with zero attached hydrogens (tertiary/aromatic N) is 4. The van der Waals surface area contributed by atoms with Crippen molar-refractivity contribution < 1.29 is 14.3 Å². The molecule has 9 nitrogen and oxygen atoms in total. The van der Waals surface area contributed by atoms with Crippen LogP contribution in [0.25, 0.3) is 0 Å². The largest absolute Gasteiger partial charge is 0.497 e. The number of methoxy groups -OCH3 is 1. The van der Waals surface area contributed by atoms with E-state index in [9.17, 15) is 9.59 Å². The molecule has 2 N–H and O–H groups in total. The SMILES string of the molecule is COc1ccc(NC(=O)c2ccc(NC(=O)CSc3nnc(N4CCCC4)n3C3CC3)cc2)cc1. The van der Waals surface area contributed by atoms with Crippen molar-refractivity contribution in [1.82, 2.24) is 14.8 Å². The maximum absolute atomic E-state index is 12.6. The van der Waals surface area contributed by atoms with Gasteiger partial charge in [-0.05, 0) is 74.2 Å². The molecule has 1 saturated heterocycles. The first-order valence-electron chi connectivity index (χ1n) is 11.8. The van der Waals surface area contributed by atoms with E-state index in [1.165, 1.54) is 24.6 Å². The lowest BCUT2D eigenvalue weighted by atomic mass is 10.2. The molecular formula is C25H28N6O3S. The van der Waals surface area contributed by atoms with Crippen LogP contribution >= 0.6 is 11.8 Å². The van der Waals surface area contributed by atoms with Crippen LogP contribution in [0.4, 0.5) is 17.3 Å². The number of ether oxygens (including phenoxy) is 1. The Hall–Kier alpha value is -3.53. The molecule has 0 spiro atoms. The third kappa shape index (κ3) is 5.59. The van der Waals surface area contributed by atoms with Crippen molar-refractivity contribution in [2.75, 3.05) is 41.5 Å². The lowest BCUT2D eigenvalue weighted by Gasteiger charge is -2.17. The summed E-state index contributed by atoms with van der Waals surface area (Å²) in [5.41, 5.74) is 1.82. The summed E-state index contributed by atoms with van der Waals surface area (Å²) in [6.45, 7) is 2.04. The van der Waals surface area contributed by atoms with Gasteiger partial charge in [0.05, 0.1) is 12.9 Å². The van der Waals surface area contributed by atoms with Gasteiger partial charge in [-0.2, -0.15) is 0 Å². The standard InChI is InChI=1S/C25H28N6O3S/c1-34-21-12-8-19(9-13-21)27-23(33)17-4-6-18(7-5-17)26-22(32)16-35-25-29-28-24(30-14-2-3-15-30)31(25)20-10-11-20/h4-9,12-13,20H,2-3,10-11,14-16H2,1H3,(H,26,32)(H,27,33). The fourth-order valence-corrected chi connectivity index (χ4v) is 4.86. The topological polar surface area (TPSA) is 101 Å². The second-order valence-corrected chi connectivity index (χ2v) is 9.62. The molecule has 2 aliphatic rings. The number of anilines is 3. The summed E-state index contributed by atoms with van der Waals surface area (Å²) >= 11 is 1.41. The first-order valence-corrected chi connectivity index (χ1v) is 12.8. The molecule has 3 aromatic rings. The zero-order valence-corrected chi connectivity index (χ0v) is 20.4. The van der Waals surface area contributed by atoms with Gasteiger partial charge < -0.3 is 20.3 Å². The Morgan fingerprint density at radius 1 is 0.971 bits per heavy atom. The third-order valence-corrected chi connectivity index (χ3v) is 7.00. The number of amides is 2. The number of benzene rings is 2. The molecule has 1 saturated carbocycles. The Kier molecular flexibility index (Phi) is 6.89. The lowest BCUT2D eigenvalue weighted by molar-refractivity contribution is -0.113. The number of rotatable bonds is 9. The van der Waals surface area contributed by atoms with Crippen LogP contribution in [0.15, 0.2) is 53.7 Å². The van der Waals surface area contributed by atoms with Crippen molar-refractivity contribution in [3.8, 4) is 5.75 Å². The maximum atomic E-state index is 12.6. The van der Waals surface area contributed by atoms with E-state index in [4.69, 9.17) is 4.74 Å². The van der Waals surface area contributed by atoms with Crippen LogP contribution in [0.3, 0.4) is 0 Å². The van der Waals surface area contributed by atoms with Crippen LogP contribution in [0.5, 0.6) is 5.75 Å². The molecule has 2 fully saturated rings. The van der Waals surface area contributed by atoms with Crippen molar-refractivity contribution in [2.24, 2.45) is 0 Å². The van der Waals surface area contributed by atoms with Gasteiger partial charge in [0.15, 0.2) is 5.16 Å². The first kappa shape index (κ1) is 23.2. The van der Waals surface area contributed by atoms with Crippen molar-refractivity contribution >= 4 is 40.9 Å². The summed E-state index contributed by atoms with van der Waals surface area (Å²) < 4.78 is 7.34. The van der Waals surface area contributed by atoms with Crippen molar-refractivity contribution in [1.29, 1.82) is 0 Å². The zero-order valence-electron chi connectivity index (χ0n) is 19.6. The molecule has 35 heavy (non-hydrogen) atoms. The van der Waals surface area contributed by atoms with E-state index >= 15 is 0 Å². The normalized spacial score (nSPS) is 15.2. The molecule has 1 aliphatic carbocycles. The van der Waals surface area contributed by atoms with Gasteiger partial charge in [0.25, 0.3) is 5.91 Å². The minimum Gasteiger partial charge on any atom is -0.497 e. The summed E-state index contributed by atoms with van der Waals surface area (Å²) in [4.78, 5) is 27.4. The lowest BCUT2D eigenvalue weighted by Crippen LogP contribution is -2.22. The summed E-state index contributed by atoms with van der Waals surface area (Å²) in [6, 6.07) is 14.4. The fourth-order valence-electron chi connectivity index (χ4n) is 4.06. The van der Waals surface area contributed by atoms with E-state index < -0.39 is 0 Å². The van der Waals surface area contributed by atoms with Gasteiger partial charge in [0, 0.05) is 36.1 Å². The summed E-state index contributed by atoms with van der Waals surface area (Å²) in [7, 11) is 1.60. The first-order chi connectivity index (χ1) is 17.1. The van der Waals surface area contributed by atoms with Crippen LogP contribution in [0, 0.1) is 0 Å². The predicted molar refractivity (Wildman–Crippen MR) is 136 cm³/mol. The monoisotopic (exact) mass is 492 g/mol. The number of hydrogen-bond donors (Lipinski definition) is 2. The Morgan fingerprint density at radius 3 is 2.29 bits per heavy atom. The summed E-state index contributed by atoms with van der Waals surface area (Å²) in [6.07, 6.45) is 4.64. The summed E-state index contributed by atoms with van der Waals surface area (Å²) in [5, 5.41) is 15.3. The highest BCUT2D eigenvalue weighted by Crippen LogP contribution is 2.41. The van der Waals surface area contributed by atoms with Crippen molar-refractivity contribution in [2.45, 2.75) is 36.9 Å². The predicted octanol–water partition coefficient (Wildman–Crippen LogP) is 4.20. The van der Waals surface area contributed by atoms with Gasteiger partial charge in [0.1, 0.15) is 5.75 Å². The van der Waals surface area contributed by atoms with Gasteiger partial charge >= 0.3 is 0 Å². The van der Waals surface area contributed by atoms with E-state index in [-0.39, 0.29) is 17.6 Å².